The molecule has 2 aliphatic heterocycles. The zero-order chi connectivity index (χ0) is 22.8. The maximum Gasteiger partial charge on any atom is 0.510 e. The third kappa shape index (κ3) is 4.28. The number of nitrogens with zero attached hydrogens (tertiary/aromatic N) is 2. The molecule has 2 fully saturated rings. The van der Waals surface area contributed by atoms with Crippen LogP contribution in [0.2, 0.25) is 0 Å². The van der Waals surface area contributed by atoms with Crippen molar-refractivity contribution in [1.82, 2.24) is 9.80 Å². The van der Waals surface area contributed by atoms with Crippen LogP contribution >= 0.6 is 0 Å². The lowest BCUT2D eigenvalue weighted by atomic mass is 9.76. The van der Waals surface area contributed by atoms with Gasteiger partial charge in [-0.05, 0) is 25.2 Å². The van der Waals surface area contributed by atoms with E-state index in [2.05, 4.69) is 62.0 Å². The highest BCUT2D eigenvalue weighted by Crippen LogP contribution is 2.44. The first kappa shape index (κ1) is 22.8. The number of hydrogen-bond donors (Lipinski definition) is 0. The number of rotatable bonds is 4. The molecule has 2 aliphatic rings. The van der Waals surface area contributed by atoms with E-state index < -0.39 is 17.4 Å². The Morgan fingerprint density at radius 2 is 1.12 bits per heavy atom. The van der Waals surface area contributed by atoms with Crippen molar-refractivity contribution in [3.63, 3.8) is 0 Å². The van der Waals surface area contributed by atoms with Crippen molar-refractivity contribution in [2.24, 2.45) is 11.8 Å². The highest BCUT2D eigenvalue weighted by atomic mass is 16.7. The third-order valence-electron chi connectivity index (χ3n) is 7.55. The maximum atomic E-state index is 13.5. The van der Waals surface area contributed by atoms with Gasteiger partial charge in [0.1, 0.15) is 11.2 Å². The Kier molecular flexibility index (Phi) is 6.59. The van der Waals surface area contributed by atoms with Crippen molar-refractivity contribution >= 4 is 6.16 Å². The van der Waals surface area contributed by atoms with Crippen LogP contribution in [-0.4, -0.2) is 56.2 Å². The Morgan fingerprint density at radius 3 is 1.47 bits per heavy atom. The standard InChI is InChI=1S/C27H36N2O3/c1-21-19-28(3)17-15-26(21,23-11-7-5-8-12-23)31-25(30)32-27(24-13-9-6-10-14-24)16-18-29(4)20-22(27)2/h5-14,21-22H,15-20H2,1-4H3. The van der Waals surface area contributed by atoms with Gasteiger partial charge in [-0.15, -0.1) is 0 Å². The van der Waals surface area contributed by atoms with Gasteiger partial charge in [0, 0.05) is 50.9 Å². The van der Waals surface area contributed by atoms with Gasteiger partial charge in [-0.25, -0.2) is 4.79 Å². The lowest BCUT2D eigenvalue weighted by molar-refractivity contribution is -0.148. The van der Waals surface area contributed by atoms with Crippen LogP contribution in [-0.2, 0) is 20.7 Å². The maximum absolute atomic E-state index is 13.5. The molecule has 2 saturated heterocycles. The zero-order valence-electron chi connectivity index (χ0n) is 19.8. The first-order valence-electron chi connectivity index (χ1n) is 11.8. The van der Waals surface area contributed by atoms with E-state index in [4.69, 9.17) is 9.47 Å². The second kappa shape index (κ2) is 9.24. The Morgan fingerprint density at radius 1 is 0.750 bits per heavy atom. The molecule has 2 aromatic carbocycles. The minimum absolute atomic E-state index is 0.152. The van der Waals surface area contributed by atoms with Crippen molar-refractivity contribution in [3.8, 4) is 0 Å². The monoisotopic (exact) mass is 436 g/mol. The van der Waals surface area contributed by atoms with Gasteiger partial charge in [-0.3, -0.25) is 0 Å². The molecule has 5 nitrogen and oxygen atoms in total. The molecule has 0 aliphatic carbocycles. The minimum Gasteiger partial charge on any atom is -0.422 e. The van der Waals surface area contributed by atoms with Crippen LogP contribution in [0.25, 0.3) is 0 Å². The molecule has 0 amide bonds. The second-order valence-corrected chi connectivity index (χ2v) is 9.79. The van der Waals surface area contributed by atoms with Crippen molar-refractivity contribution in [2.45, 2.75) is 37.9 Å². The zero-order valence-corrected chi connectivity index (χ0v) is 19.8. The van der Waals surface area contributed by atoms with Crippen LogP contribution in [0.4, 0.5) is 4.79 Å². The molecule has 0 aromatic heterocycles. The number of piperidine rings is 2. The summed E-state index contributed by atoms with van der Waals surface area (Å²) in [4.78, 5) is 18.1. The van der Waals surface area contributed by atoms with Crippen molar-refractivity contribution in [2.75, 3.05) is 40.3 Å². The van der Waals surface area contributed by atoms with Crippen LogP contribution < -0.4 is 0 Å². The summed E-state index contributed by atoms with van der Waals surface area (Å²) in [5.41, 5.74) is 0.722. The van der Waals surface area contributed by atoms with Gasteiger partial charge in [-0.1, -0.05) is 74.5 Å². The molecule has 0 spiro atoms. The smallest absolute Gasteiger partial charge is 0.422 e. The molecule has 0 radical (unpaired) electrons. The lowest BCUT2D eigenvalue weighted by Crippen LogP contribution is -2.53. The summed E-state index contributed by atoms with van der Waals surface area (Å²) in [5, 5.41) is 0. The summed E-state index contributed by atoms with van der Waals surface area (Å²) < 4.78 is 12.7. The largest absolute Gasteiger partial charge is 0.510 e. The summed E-state index contributed by atoms with van der Waals surface area (Å²) in [5.74, 6) is 0.303. The summed E-state index contributed by atoms with van der Waals surface area (Å²) in [6.45, 7) is 7.82. The van der Waals surface area contributed by atoms with E-state index in [9.17, 15) is 4.79 Å². The van der Waals surface area contributed by atoms with E-state index >= 15 is 0 Å². The van der Waals surface area contributed by atoms with Crippen LogP contribution in [0.1, 0.15) is 37.8 Å². The van der Waals surface area contributed by atoms with Gasteiger partial charge >= 0.3 is 6.16 Å². The van der Waals surface area contributed by atoms with Gasteiger partial charge in [0.05, 0.1) is 0 Å². The van der Waals surface area contributed by atoms with Crippen molar-refractivity contribution in [1.29, 1.82) is 0 Å². The molecule has 32 heavy (non-hydrogen) atoms. The first-order valence-corrected chi connectivity index (χ1v) is 11.8. The third-order valence-corrected chi connectivity index (χ3v) is 7.55. The van der Waals surface area contributed by atoms with Crippen LogP contribution in [0.3, 0.4) is 0 Å². The molecule has 4 atom stereocenters. The number of carbonyl (C=O) groups is 1. The van der Waals surface area contributed by atoms with Crippen LogP contribution in [0.15, 0.2) is 60.7 Å². The fourth-order valence-corrected chi connectivity index (χ4v) is 5.66. The molecule has 172 valence electrons. The molecule has 4 rings (SSSR count). The van der Waals surface area contributed by atoms with E-state index in [-0.39, 0.29) is 11.8 Å². The van der Waals surface area contributed by atoms with Gasteiger partial charge in [0.15, 0.2) is 0 Å². The minimum atomic E-state index is -0.683. The van der Waals surface area contributed by atoms with Crippen molar-refractivity contribution < 1.29 is 14.3 Å². The Hall–Kier alpha value is -2.37. The molecule has 0 N–H and O–H groups in total. The average Bonchev–Trinajstić information content (AvgIpc) is 2.79. The predicted molar refractivity (Wildman–Crippen MR) is 126 cm³/mol. The predicted octanol–water partition coefficient (Wildman–Crippen LogP) is 4.87. The molecule has 0 saturated carbocycles. The number of benzene rings is 2. The number of ether oxygens (including phenoxy) is 2. The van der Waals surface area contributed by atoms with Crippen molar-refractivity contribution in [3.05, 3.63) is 71.8 Å². The second-order valence-electron chi connectivity index (χ2n) is 9.79. The van der Waals surface area contributed by atoms with E-state index in [0.29, 0.717) is 0 Å². The Bertz CT molecular complexity index is 832. The number of likely N-dealkylation sites (tertiary alicyclic amines) is 2. The highest BCUT2D eigenvalue weighted by Gasteiger charge is 2.49. The number of carbonyl (C=O) groups excluding carboxylic acids is 1. The summed E-state index contributed by atoms with van der Waals surface area (Å²) in [7, 11) is 4.24. The molecule has 4 unspecified atom stereocenters. The lowest BCUT2D eigenvalue weighted by Gasteiger charge is -2.47. The van der Waals surface area contributed by atoms with Gasteiger partial charge in [0.25, 0.3) is 0 Å². The fourth-order valence-electron chi connectivity index (χ4n) is 5.66. The summed E-state index contributed by atoms with van der Waals surface area (Å²) in [6, 6.07) is 20.3. The topological polar surface area (TPSA) is 42.0 Å². The SMILES string of the molecule is CC1CN(C)CCC1(OC(=O)OC1(c2ccccc2)CCN(C)CC1C)c1ccccc1. The molecule has 0 bridgehead atoms. The van der Waals surface area contributed by atoms with Crippen LogP contribution in [0, 0.1) is 11.8 Å². The van der Waals surface area contributed by atoms with Gasteiger partial charge in [0.2, 0.25) is 0 Å². The van der Waals surface area contributed by atoms with Gasteiger partial charge in [-0.2, -0.15) is 0 Å². The van der Waals surface area contributed by atoms with E-state index in [0.717, 1.165) is 50.1 Å². The summed E-state index contributed by atoms with van der Waals surface area (Å²) in [6.07, 6.45) is 0.936. The summed E-state index contributed by atoms with van der Waals surface area (Å²) >= 11 is 0. The fraction of sp³-hybridized carbons (Fsp3) is 0.519. The normalized spacial score (nSPS) is 31.8. The average molecular weight is 437 g/mol. The highest BCUT2D eigenvalue weighted by molar-refractivity contribution is 5.62. The first-order chi connectivity index (χ1) is 15.4. The molecular weight excluding hydrogens is 400 g/mol. The van der Waals surface area contributed by atoms with Gasteiger partial charge < -0.3 is 19.3 Å². The van der Waals surface area contributed by atoms with E-state index in [1.807, 2.05) is 36.4 Å². The molecule has 5 heteroatoms. The van der Waals surface area contributed by atoms with Crippen LogP contribution in [0.5, 0.6) is 0 Å². The quantitative estimate of drug-likeness (QED) is 0.640. The molecule has 2 aromatic rings. The Balaban J connectivity index is 1.64. The molecule has 2 heterocycles. The number of hydrogen-bond acceptors (Lipinski definition) is 5. The Labute approximate surface area is 192 Å². The van der Waals surface area contributed by atoms with E-state index in [1.165, 1.54) is 0 Å². The van der Waals surface area contributed by atoms with E-state index in [1.54, 1.807) is 0 Å². The molecular formula is C27H36N2O3.